The predicted octanol–water partition coefficient (Wildman–Crippen LogP) is 1.26. The molecule has 0 radical (unpaired) electrons. The summed E-state index contributed by atoms with van der Waals surface area (Å²) in [5.74, 6) is 2.81. The number of imidazole rings is 1. The van der Waals surface area contributed by atoms with E-state index in [1.807, 2.05) is 6.07 Å². The van der Waals surface area contributed by atoms with Crippen LogP contribution < -0.4 is 0 Å². The second-order valence-corrected chi connectivity index (χ2v) is 2.34. The van der Waals surface area contributed by atoms with Crippen LogP contribution in [0.4, 0.5) is 0 Å². The summed E-state index contributed by atoms with van der Waals surface area (Å²) in [6.07, 6.45) is 5.16. The van der Waals surface area contributed by atoms with Crippen LogP contribution in [0.5, 0.6) is 0 Å². The Bertz CT molecular complexity index is 459. The van der Waals surface area contributed by atoms with Crippen molar-refractivity contribution < 1.29 is 0 Å². The third-order valence-corrected chi connectivity index (χ3v) is 1.58. The number of fused-ring (bicyclic) bond motifs is 1. The van der Waals surface area contributed by atoms with E-state index in [1.165, 1.54) is 0 Å². The van der Waals surface area contributed by atoms with Crippen LogP contribution in [0.3, 0.4) is 0 Å². The molecule has 3 heteroatoms. The Morgan fingerprint density at radius 1 is 1.50 bits per heavy atom. The number of pyridine rings is 1. The molecule has 0 aliphatic heterocycles. The maximum atomic E-state index is 4.14. The van der Waals surface area contributed by atoms with Crippen LogP contribution in [0.25, 0.3) is 11.0 Å². The zero-order valence-electron chi connectivity index (χ0n) is 6.65. The normalized spacial score (nSPS) is 9.42. The molecule has 0 aromatic carbocycles. The molecule has 0 aliphatic rings. The summed E-state index contributed by atoms with van der Waals surface area (Å²) in [7, 11) is 0. The lowest BCUT2D eigenvalue weighted by Crippen LogP contribution is -1.84. The molecule has 2 rings (SSSR count). The molecule has 58 valence electrons. The van der Waals surface area contributed by atoms with Gasteiger partial charge in [-0.25, -0.2) is 4.98 Å². The molecule has 0 aliphatic carbocycles. The van der Waals surface area contributed by atoms with Crippen molar-refractivity contribution in [1.82, 2.24) is 14.5 Å². The minimum atomic E-state index is 0.875. The van der Waals surface area contributed by atoms with Gasteiger partial charge in [-0.1, -0.05) is 5.92 Å². The minimum absolute atomic E-state index is 0.875. The molecule has 2 heterocycles. The van der Waals surface area contributed by atoms with Crippen molar-refractivity contribution in [1.29, 1.82) is 0 Å². The van der Waals surface area contributed by atoms with Gasteiger partial charge in [-0.2, -0.15) is 0 Å². The van der Waals surface area contributed by atoms with E-state index in [1.54, 1.807) is 30.2 Å². The van der Waals surface area contributed by atoms with Gasteiger partial charge in [0.1, 0.15) is 11.8 Å². The van der Waals surface area contributed by atoms with E-state index >= 15 is 0 Å². The van der Waals surface area contributed by atoms with Crippen LogP contribution >= 0.6 is 0 Å². The minimum Gasteiger partial charge on any atom is -0.262 e. The lowest BCUT2D eigenvalue weighted by Gasteiger charge is -1.89. The number of hydrogen-bond acceptors (Lipinski definition) is 2. The van der Waals surface area contributed by atoms with Crippen LogP contribution in [0, 0.1) is 12.0 Å². The quantitative estimate of drug-likeness (QED) is 0.539. The maximum absolute atomic E-state index is 4.14. The van der Waals surface area contributed by atoms with Gasteiger partial charge in [-0.3, -0.25) is 9.55 Å². The van der Waals surface area contributed by atoms with Gasteiger partial charge >= 0.3 is 0 Å². The molecular formula is C9H7N3. The summed E-state index contributed by atoms with van der Waals surface area (Å²) in [5.41, 5.74) is 1.87. The first-order valence-corrected chi connectivity index (χ1v) is 3.61. The first kappa shape index (κ1) is 6.86. The summed E-state index contributed by atoms with van der Waals surface area (Å²) < 4.78 is 1.79. The summed E-state index contributed by atoms with van der Waals surface area (Å²) >= 11 is 0. The van der Waals surface area contributed by atoms with Gasteiger partial charge in [0.05, 0.1) is 11.7 Å². The molecule has 0 atom stereocenters. The zero-order chi connectivity index (χ0) is 8.39. The summed E-state index contributed by atoms with van der Waals surface area (Å²) in [6, 6.07) is 4.80. The number of nitrogens with zero attached hydrogens (tertiary/aromatic N) is 3. The van der Waals surface area contributed by atoms with Crippen molar-refractivity contribution in [3.63, 3.8) is 0 Å². The van der Waals surface area contributed by atoms with E-state index in [9.17, 15) is 0 Å². The molecule has 12 heavy (non-hydrogen) atoms. The average Bonchev–Trinajstić information content (AvgIpc) is 2.50. The smallest absolute Gasteiger partial charge is 0.108 e. The monoisotopic (exact) mass is 157 g/mol. The van der Waals surface area contributed by atoms with E-state index in [2.05, 4.69) is 21.9 Å². The summed E-state index contributed by atoms with van der Waals surface area (Å²) in [5, 5.41) is 0. The van der Waals surface area contributed by atoms with Gasteiger partial charge in [0.15, 0.2) is 0 Å². The molecule has 0 N–H and O–H groups in total. The third-order valence-electron chi connectivity index (χ3n) is 1.58. The van der Waals surface area contributed by atoms with Crippen molar-refractivity contribution in [2.45, 2.75) is 6.92 Å². The van der Waals surface area contributed by atoms with Crippen LogP contribution in [0.1, 0.15) is 6.92 Å². The Labute approximate surface area is 70.1 Å². The molecule has 0 unspecified atom stereocenters. The SMILES string of the molecule is CC#Cn1cnc2cnccc21. The van der Waals surface area contributed by atoms with E-state index in [0.29, 0.717) is 0 Å². The molecule has 2 aromatic heterocycles. The van der Waals surface area contributed by atoms with Crippen molar-refractivity contribution in [2.75, 3.05) is 0 Å². The number of aromatic nitrogens is 3. The average molecular weight is 157 g/mol. The van der Waals surface area contributed by atoms with E-state index in [4.69, 9.17) is 0 Å². The lowest BCUT2D eigenvalue weighted by atomic mass is 10.4. The number of hydrogen-bond donors (Lipinski definition) is 0. The van der Waals surface area contributed by atoms with Gasteiger partial charge in [0.2, 0.25) is 0 Å². The highest BCUT2D eigenvalue weighted by Crippen LogP contribution is 2.08. The standard InChI is InChI=1S/C9H7N3/c1-2-5-12-7-11-8-6-10-4-3-9(8)12/h3-4,6-7H,1H3. The van der Waals surface area contributed by atoms with Crippen molar-refractivity contribution in [2.24, 2.45) is 0 Å². The Balaban J connectivity index is 2.76. The van der Waals surface area contributed by atoms with Gasteiger partial charge < -0.3 is 0 Å². The second kappa shape index (κ2) is 2.67. The molecule has 0 saturated carbocycles. The predicted molar refractivity (Wildman–Crippen MR) is 46.4 cm³/mol. The van der Waals surface area contributed by atoms with E-state index in [0.717, 1.165) is 11.0 Å². The highest BCUT2D eigenvalue weighted by molar-refractivity contribution is 5.74. The molecule has 0 amide bonds. The molecular weight excluding hydrogens is 150 g/mol. The van der Waals surface area contributed by atoms with Crippen LogP contribution in [0.2, 0.25) is 0 Å². The van der Waals surface area contributed by atoms with E-state index in [-0.39, 0.29) is 0 Å². The van der Waals surface area contributed by atoms with Gasteiger partial charge in [0.25, 0.3) is 0 Å². The molecule has 0 fully saturated rings. The van der Waals surface area contributed by atoms with Crippen LogP contribution in [-0.2, 0) is 0 Å². The fourth-order valence-corrected chi connectivity index (χ4v) is 1.07. The van der Waals surface area contributed by atoms with Crippen molar-refractivity contribution >= 4 is 11.0 Å². The third kappa shape index (κ3) is 0.940. The number of rotatable bonds is 0. The maximum Gasteiger partial charge on any atom is 0.108 e. The highest BCUT2D eigenvalue weighted by atomic mass is 15.0. The highest BCUT2D eigenvalue weighted by Gasteiger charge is 1.97. The topological polar surface area (TPSA) is 30.7 Å². The molecule has 2 aromatic rings. The first-order valence-electron chi connectivity index (χ1n) is 3.61. The Hall–Kier alpha value is -1.82. The largest absolute Gasteiger partial charge is 0.262 e. The summed E-state index contributed by atoms with van der Waals surface area (Å²) in [6.45, 7) is 1.80. The van der Waals surface area contributed by atoms with Crippen LogP contribution in [0.15, 0.2) is 24.8 Å². The van der Waals surface area contributed by atoms with Crippen molar-refractivity contribution in [3.05, 3.63) is 24.8 Å². The molecule has 3 nitrogen and oxygen atoms in total. The van der Waals surface area contributed by atoms with E-state index < -0.39 is 0 Å². The molecule has 0 saturated heterocycles. The summed E-state index contributed by atoms with van der Waals surface area (Å²) in [4.78, 5) is 8.10. The van der Waals surface area contributed by atoms with Gasteiger partial charge in [-0.05, 0) is 13.0 Å². The van der Waals surface area contributed by atoms with Gasteiger partial charge in [0, 0.05) is 12.2 Å². The molecule has 0 bridgehead atoms. The fourth-order valence-electron chi connectivity index (χ4n) is 1.07. The Kier molecular flexibility index (Phi) is 1.52. The van der Waals surface area contributed by atoms with Crippen molar-refractivity contribution in [3.8, 4) is 12.0 Å². The van der Waals surface area contributed by atoms with Gasteiger partial charge in [-0.15, -0.1) is 0 Å². The Morgan fingerprint density at radius 2 is 2.42 bits per heavy atom. The zero-order valence-corrected chi connectivity index (χ0v) is 6.65. The first-order chi connectivity index (χ1) is 5.92. The lowest BCUT2D eigenvalue weighted by molar-refractivity contribution is 1.15. The van der Waals surface area contributed by atoms with Crippen LogP contribution in [-0.4, -0.2) is 14.5 Å². The fraction of sp³-hybridized carbons (Fsp3) is 0.111. The Morgan fingerprint density at radius 3 is 3.25 bits per heavy atom. The molecule has 0 spiro atoms. The second-order valence-electron chi connectivity index (χ2n) is 2.34.